The van der Waals surface area contributed by atoms with Crippen molar-refractivity contribution in [3.63, 3.8) is 0 Å². The summed E-state index contributed by atoms with van der Waals surface area (Å²) in [6.07, 6.45) is 0.134. The number of benzene rings is 1. The van der Waals surface area contributed by atoms with Gasteiger partial charge in [-0.25, -0.2) is 9.59 Å². The molecule has 0 unspecified atom stereocenters. The second kappa shape index (κ2) is 10.9. The molecule has 0 aliphatic carbocycles. The van der Waals surface area contributed by atoms with Crippen LogP contribution in [-0.2, 0) is 25.5 Å². The van der Waals surface area contributed by atoms with Crippen LogP contribution in [0.15, 0.2) is 30.3 Å². The molecule has 3 N–H and O–H groups in total. The maximum Gasteiger partial charge on any atom is 0.329 e. The number of nitrogens with one attached hydrogen (secondary N) is 3. The first-order valence-electron chi connectivity index (χ1n) is 8.41. The number of amides is 4. The van der Waals surface area contributed by atoms with E-state index in [-0.39, 0.29) is 18.2 Å². The van der Waals surface area contributed by atoms with Gasteiger partial charge in [-0.05, 0) is 18.4 Å². The van der Waals surface area contributed by atoms with Crippen molar-refractivity contribution in [3.05, 3.63) is 35.9 Å². The average Bonchev–Trinajstić information content (AvgIpc) is 2.58. The molecule has 0 radical (unpaired) electrons. The molecule has 0 fully saturated rings. The molecule has 1 aromatic rings. The maximum absolute atomic E-state index is 12.2. The molecule has 0 aliphatic rings. The molecule has 0 aliphatic heterocycles. The molecular weight excluding hydrogens is 338 g/mol. The Labute approximate surface area is 152 Å². The van der Waals surface area contributed by atoms with Gasteiger partial charge in [0.2, 0.25) is 5.91 Å². The Hall–Kier alpha value is -2.90. The molecular formula is C18H25N3O5. The van der Waals surface area contributed by atoms with Crippen molar-refractivity contribution < 1.29 is 23.9 Å². The van der Waals surface area contributed by atoms with E-state index in [1.165, 1.54) is 0 Å². The Morgan fingerprint density at radius 3 is 2.27 bits per heavy atom. The largest absolute Gasteiger partial charge is 0.454 e. The second-order valence-corrected chi connectivity index (χ2v) is 5.97. The summed E-state index contributed by atoms with van der Waals surface area (Å²) in [5.74, 6) is -2.03. The van der Waals surface area contributed by atoms with Crippen molar-refractivity contribution >= 4 is 23.8 Å². The molecule has 8 heteroatoms. The van der Waals surface area contributed by atoms with Crippen LogP contribution < -0.4 is 16.0 Å². The number of hydrogen-bond acceptors (Lipinski definition) is 5. The summed E-state index contributed by atoms with van der Waals surface area (Å²) in [4.78, 5) is 47.1. The fourth-order valence-electron chi connectivity index (χ4n) is 2.10. The minimum absolute atomic E-state index is 0.134. The number of rotatable bonds is 8. The van der Waals surface area contributed by atoms with Gasteiger partial charge >= 0.3 is 12.0 Å². The maximum atomic E-state index is 12.2. The van der Waals surface area contributed by atoms with Crippen LogP contribution in [0.4, 0.5) is 4.79 Å². The number of ether oxygens (including phenoxy) is 1. The third kappa shape index (κ3) is 7.78. The van der Waals surface area contributed by atoms with Gasteiger partial charge < -0.3 is 15.4 Å². The van der Waals surface area contributed by atoms with Crippen LogP contribution in [0.2, 0.25) is 0 Å². The Kier molecular flexibility index (Phi) is 8.83. The van der Waals surface area contributed by atoms with E-state index < -0.39 is 30.6 Å². The monoisotopic (exact) mass is 363 g/mol. The summed E-state index contributed by atoms with van der Waals surface area (Å²) in [7, 11) is 0. The minimum Gasteiger partial charge on any atom is -0.454 e. The van der Waals surface area contributed by atoms with Crippen molar-refractivity contribution in [2.75, 3.05) is 13.2 Å². The van der Waals surface area contributed by atoms with Gasteiger partial charge in [0.15, 0.2) is 6.61 Å². The lowest BCUT2D eigenvalue weighted by Crippen LogP contribution is -2.47. The first-order chi connectivity index (χ1) is 12.3. The fraction of sp³-hybridized carbons (Fsp3) is 0.444. The summed E-state index contributed by atoms with van der Waals surface area (Å²) in [6.45, 7) is 4.97. The highest BCUT2D eigenvalue weighted by Gasteiger charge is 2.26. The van der Waals surface area contributed by atoms with E-state index in [1.54, 1.807) is 20.8 Å². The first kappa shape index (κ1) is 21.1. The summed E-state index contributed by atoms with van der Waals surface area (Å²) < 4.78 is 4.91. The number of urea groups is 1. The first-order valence-corrected chi connectivity index (χ1v) is 8.41. The van der Waals surface area contributed by atoms with Gasteiger partial charge in [0.05, 0.1) is 6.42 Å². The molecule has 0 aromatic heterocycles. The quantitative estimate of drug-likeness (QED) is 0.590. The molecule has 4 amide bonds. The molecule has 1 rings (SSSR count). The fourth-order valence-corrected chi connectivity index (χ4v) is 2.10. The van der Waals surface area contributed by atoms with E-state index in [2.05, 4.69) is 10.6 Å². The van der Waals surface area contributed by atoms with Crippen molar-refractivity contribution in [2.24, 2.45) is 5.92 Å². The topological polar surface area (TPSA) is 114 Å². The molecule has 1 atom stereocenters. The number of imide groups is 1. The van der Waals surface area contributed by atoms with Crippen LogP contribution in [-0.4, -0.2) is 43.0 Å². The highest BCUT2D eigenvalue weighted by atomic mass is 16.5. The zero-order valence-electron chi connectivity index (χ0n) is 15.2. The normalized spacial score (nSPS) is 11.4. The highest BCUT2D eigenvalue weighted by molar-refractivity contribution is 5.96. The van der Waals surface area contributed by atoms with Gasteiger partial charge in [-0.1, -0.05) is 44.2 Å². The van der Waals surface area contributed by atoms with Gasteiger partial charge in [-0.3, -0.25) is 14.9 Å². The molecule has 0 saturated heterocycles. The van der Waals surface area contributed by atoms with Gasteiger partial charge in [0, 0.05) is 6.54 Å². The third-order valence-electron chi connectivity index (χ3n) is 3.38. The molecule has 8 nitrogen and oxygen atoms in total. The number of carbonyl (C=O) groups excluding carboxylic acids is 4. The molecule has 0 bridgehead atoms. The Morgan fingerprint density at radius 2 is 1.69 bits per heavy atom. The number of hydrogen-bond donors (Lipinski definition) is 3. The third-order valence-corrected chi connectivity index (χ3v) is 3.38. The zero-order valence-corrected chi connectivity index (χ0v) is 15.2. The molecule has 0 saturated carbocycles. The van der Waals surface area contributed by atoms with E-state index in [1.807, 2.05) is 35.6 Å². The summed E-state index contributed by atoms with van der Waals surface area (Å²) in [5, 5.41) is 7.04. The van der Waals surface area contributed by atoms with E-state index in [9.17, 15) is 19.2 Å². The number of esters is 1. The summed E-state index contributed by atoms with van der Waals surface area (Å²) >= 11 is 0. The van der Waals surface area contributed by atoms with Gasteiger partial charge in [-0.2, -0.15) is 0 Å². The predicted octanol–water partition coefficient (Wildman–Crippen LogP) is 0.759. The van der Waals surface area contributed by atoms with E-state index in [4.69, 9.17) is 4.74 Å². The predicted molar refractivity (Wildman–Crippen MR) is 95.1 cm³/mol. The molecule has 0 spiro atoms. The molecule has 0 heterocycles. The summed E-state index contributed by atoms with van der Waals surface area (Å²) in [6, 6.07) is 7.58. The van der Waals surface area contributed by atoms with Crippen LogP contribution in [0.25, 0.3) is 0 Å². The Morgan fingerprint density at radius 1 is 1.04 bits per heavy atom. The molecule has 142 valence electrons. The van der Waals surface area contributed by atoms with Crippen LogP contribution in [0.3, 0.4) is 0 Å². The van der Waals surface area contributed by atoms with Crippen molar-refractivity contribution in [1.29, 1.82) is 0 Å². The second-order valence-electron chi connectivity index (χ2n) is 5.97. The van der Waals surface area contributed by atoms with E-state index in [0.29, 0.717) is 6.54 Å². The molecule has 26 heavy (non-hydrogen) atoms. The lowest BCUT2D eigenvalue weighted by molar-refractivity contribution is -0.152. The standard InChI is InChI=1S/C18H25N3O5/c1-4-19-18(25)21-15(23)11-26-17(24)16(12(2)3)20-14(22)10-13-8-6-5-7-9-13/h5-9,12,16H,4,10-11H2,1-3H3,(H,20,22)(H2,19,21,23,25)/t16-/m0/s1. The van der Waals surface area contributed by atoms with Crippen LogP contribution >= 0.6 is 0 Å². The van der Waals surface area contributed by atoms with Crippen LogP contribution in [0.1, 0.15) is 26.3 Å². The van der Waals surface area contributed by atoms with Crippen LogP contribution in [0.5, 0.6) is 0 Å². The zero-order chi connectivity index (χ0) is 19.5. The van der Waals surface area contributed by atoms with Crippen LogP contribution in [0, 0.1) is 5.92 Å². The molecule has 1 aromatic carbocycles. The Balaban J connectivity index is 2.52. The minimum atomic E-state index is -0.886. The Bertz CT molecular complexity index is 631. The van der Waals surface area contributed by atoms with Gasteiger partial charge in [0.25, 0.3) is 5.91 Å². The average molecular weight is 363 g/mol. The highest BCUT2D eigenvalue weighted by Crippen LogP contribution is 2.06. The lowest BCUT2D eigenvalue weighted by Gasteiger charge is -2.20. The van der Waals surface area contributed by atoms with Crippen molar-refractivity contribution in [2.45, 2.75) is 33.2 Å². The smallest absolute Gasteiger partial charge is 0.329 e. The van der Waals surface area contributed by atoms with Gasteiger partial charge in [0.1, 0.15) is 6.04 Å². The van der Waals surface area contributed by atoms with E-state index >= 15 is 0 Å². The lowest BCUT2D eigenvalue weighted by atomic mass is 10.0. The SMILES string of the molecule is CCNC(=O)NC(=O)COC(=O)[C@@H](NC(=O)Cc1ccccc1)C(C)C. The summed E-state index contributed by atoms with van der Waals surface area (Å²) in [5.41, 5.74) is 0.821. The van der Waals surface area contributed by atoms with E-state index in [0.717, 1.165) is 5.56 Å². The van der Waals surface area contributed by atoms with Crippen molar-refractivity contribution in [1.82, 2.24) is 16.0 Å². The van der Waals surface area contributed by atoms with Crippen molar-refractivity contribution in [3.8, 4) is 0 Å². The van der Waals surface area contributed by atoms with Gasteiger partial charge in [-0.15, -0.1) is 0 Å². The number of carbonyl (C=O) groups is 4.